The minimum atomic E-state index is -0.360. The van der Waals surface area contributed by atoms with E-state index in [4.69, 9.17) is 4.74 Å². The predicted octanol–water partition coefficient (Wildman–Crippen LogP) is 4.12. The van der Waals surface area contributed by atoms with Crippen LogP contribution < -0.4 is 15.2 Å². The molecule has 5 rings (SSSR count). The summed E-state index contributed by atoms with van der Waals surface area (Å²) in [4.78, 5) is 46.2. The summed E-state index contributed by atoms with van der Waals surface area (Å²) >= 11 is 1.39. The number of Topliss-reactive ketones (excluding diaryl/α,β-unsaturated/α-hetero) is 1. The van der Waals surface area contributed by atoms with Gasteiger partial charge in [-0.05, 0) is 49.7 Å². The molecule has 172 valence electrons. The zero-order valence-electron chi connectivity index (χ0n) is 18.7. The molecule has 0 radical (unpaired) electrons. The molecule has 0 spiro atoms. The number of amides is 1. The van der Waals surface area contributed by atoms with E-state index < -0.39 is 0 Å². The maximum atomic E-state index is 13.5. The highest BCUT2D eigenvalue weighted by atomic mass is 32.1. The molecule has 34 heavy (non-hydrogen) atoms. The highest BCUT2D eigenvalue weighted by Crippen LogP contribution is 2.36. The van der Waals surface area contributed by atoms with Gasteiger partial charge in [-0.25, -0.2) is 9.37 Å². The van der Waals surface area contributed by atoms with Crippen LogP contribution in [0, 0.1) is 19.7 Å². The van der Waals surface area contributed by atoms with Gasteiger partial charge >= 0.3 is 0 Å². The number of hydrogen-bond acceptors (Lipinski definition) is 6. The van der Waals surface area contributed by atoms with Gasteiger partial charge in [0.05, 0.1) is 17.6 Å². The van der Waals surface area contributed by atoms with Crippen LogP contribution in [0.4, 0.5) is 10.1 Å². The first-order chi connectivity index (χ1) is 16.2. The third kappa shape index (κ3) is 3.58. The smallest absolute Gasteiger partial charge is 0.264 e. The molecule has 1 amide bonds. The topological polar surface area (TPSA) is 81.5 Å². The first-order valence-corrected chi connectivity index (χ1v) is 11.4. The van der Waals surface area contributed by atoms with Gasteiger partial charge in [-0.3, -0.25) is 19.0 Å². The quantitative estimate of drug-likeness (QED) is 0.413. The van der Waals surface area contributed by atoms with E-state index in [1.165, 1.54) is 32.9 Å². The van der Waals surface area contributed by atoms with Crippen LogP contribution in [0.5, 0.6) is 5.75 Å². The molecule has 0 saturated carbocycles. The Morgan fingerprint density at radius 2 is 1.88 bits per heavy atom. The normalized spacial score (nSPS) is 13.2. The van der Waals surface area contributed by atoms with E-state index in [2.05, 4.69) is 4.98 Å². The molecule has 4 aromatic rings. The molecule has 2 aromatic heterocycles. The Balaban J connectivity index is 1.57. The second-order valence-electron chi connectivity index (χ2n) is 8.12. The lowest BCUT2D eigenvalue weighted by atomic mass is 10.0. The van der Waals surface area contributed by atoms with Gasteiger partial charge in [0.15, 0.2) is 12.4 Å². The van der Waals surface area contributed by atoms with Crippen LogP contribution >= 0.6 is 11.3 Å². The fourth-order valence-electron chi connectivity index (χ4n) is 4.13. The van der Waals surface area contributed by atoms with E-state index in [0.717, 1.165) is 4.88 Å². The summed E-state index contributed by atoms with van der Waals surface area (Å²) in [6, 6.07) is 10.8. The number of ketones is 1. The van der Waals surface area contributed by atoms with Crippen molar-refractivity contribution < 1.29 is 18.7 Å². The zero-order chi connectivity index (χ0) is 24.1. The lowest BCUT2D eigenvalue weighted by molar-refractivity contribution is -0.120. The fraction of sp³-hybridized carbons (Fsp3) is 0.200. The van der Waals surface area contributed by atoms with E-state index in [-0.39, 0.29) is 36.2 Å². The third-order valence-corrected chi connectivity index (χ3v) is 6.98. The lowest BCUT2D eigenvalue weighted by Crippen LogP contribution is -2.35. The van der Waals surface area contributed by atoms with E-state index in [0.29, 0.717) is 44.2 Å². The standard InChI is InChI=1S/C25H20FN3O4S/c1-13-22(15-4-7-17(26)8-5-15)23-24(34-13)27-14(2)29(25(23)32)11-19(30)16-6-9-20-18(10-16)28(3)21(31)12-33-20/h4-10H,11-12H2,1-3H3. The Labute approximate surface area is 198 Å². The number of halogens is 1. The Bertz CT molecular complexity index is 1540. The third-order valence-electron chi connectivity index (χ3n) is 5.98. The van der Waals surface area contributed by atoms with Crippen molar-refractivity contribution in [3.05, 3.63) is 74.9 Å². The van der Waals surface area contributed by atoms with Gasteiger partial charge in [0.2, 0.25) is 0 Å². The summed E-state index contributed by atoms with van der Waals surface area (Å²) < 4.78 is 20.2. The lowest BCUT2D eigenvalue weighted by Gasteiger charge is -2.26. The number of likely N-dealkylation sites (N-methyl/N-ethyl adjacent to an activating group) is 1. The number of anilines is 1. The number of hydrogen-bond donors (Lipinski definition) is 0. The van der Waals surface area contributed by atoms with Crippen LogP contribution in [0.2, 0.25) is 0 Å². The molecule has 2 aromatic carbocycles. The first-order valence-electron chi connectivity index (χ1n) is 10.6. The van der Waals surface area contributed by atoms with E-state index in [9.17, 15) is 18.8 Å². The van der Waals surface area contributed by atoms with Crippen molar-refractivity contribution in [2.24, 2.45) is 0 Å². The van der Waals surface area contributed by atoms with Crippen molar-refractivity contribution in [3.8, 4) is 16.9 Å². The maximum absolute atomic E-state index is 13.5. The second-order valence-corrected chi connectivity index (χ2v) is 9.32. The number of fused-ring (bicyclic) bond motifs is 2. The molecule has 0 fully saturated rings. The number of carbonyl (C=O) groups is 2. The van der Waals surface area contributed by atoms with Crippen molar-refractivity contribution in [1.82, 2.24) is 9.55 Å². The Morgan fingerprint density at radius 1 is 1.15 bits per heavy atom. The number of aromatic nitrogens is 2. The van der Waals surface area contributed by atoms with E-state index in [1.807, 2.05) is 6.92 Å². The van der Waals surface area contributed by atoms with Crippen LogP contribution in [-0.4, -0.2) is 34.9 Å². The summed E-state index contributed by atoms with van der Waals surface area (Å²) in [5.41, 5.74) is 1.95. The minimum absolute atomic E-state index is 0.0481. The van der Waals surface area contributed by atoms with Gasteiger partial charge in [0.25, 0.3) is 11.5 Å². The van der Waals surface area contributed by atoms with Crippen LogP contribution in [0.15, 0.2) is 47.3 Å². The summed E-state index contributed by atoms with van der Waals surface area (Å²) in [5, 5.41) is 0.414. The number of rotatable bonds is 4. The van der Waals surface area contributed by atoms with Gasteiger partial charge in [-0.15, -0.1) is 11.3 Å². The fourth-order valence-corrected chi connectivity index (χ4v) is 5.21. The highest BCUT2D eigenvalue weighted by Gasteiger charge is 2.24. The molecule has 3 heterocycles. The number of aryl methyl sites for hydroxylation is 2. The largest absolute Gasteiger partial charge is 0.482 e. The molecule has 1 aliphatic heterocycles. The minimum Gasteiger partial charge on any atom is -0.482 e. The molecule has 0 saturated heterocycles. The van der Waals surface area contributed by atoms with Gasteiger partial charge in [0.1, 0.15) is 22.2 Å². The van der Waals surface area contributed by atoms with Crippen LogP contribution in [-0.2, 0) is 11.3 Å². The number of carbonyl (C=O) groups excluding carboxylic acids is 2. The SMILES string of the molecule is Cc1sc2nc(C)n(CC(=O)c3ccc4c(c3)N(C)C(=O)CO4)c(=O)c2c1-c1ccc(F)cc1. The van der Waals surface area contributed by atoms with Crippen molar-refractivity contribution in [1.29, 1.82) is 0 Å². The Morgan fingerprint density at radius 3 is 2.62 bits per heavy atom. The highest BCUT2D eigenvalue weighted by molar-refractivity contribution is 7.19. The maximum Gasteiger partial charge on any atom is 0.264 e. The molecule has 0 N–H and O–H groups in total. The summed E-state index contributed by atoms with van der Waals surface area (Å²) in [5.74, 6) is 0.0793. The summed E-state index contributed by atoms with van der Waals surface area (Å²) in [6.45, 7) is 3.33. The Hall–Kier alpha value is -3.85. The van der Waals surface area contributed by atoms with Crippen LogP contribution in [0.25, 0.3) is 21.3 Å². The number of nitrogens with zero attached hydrogens (tertiary/aromatic N) is 3. The number of thiophene rings is 1. The summed E-state index contributed by atoms with van der Waals surface area (Å²) in [6.07, 6.45) is 0. The summed E-state index contributed by atoms with van der Waals surface area (Å²) in [7, 11) is 1.63. The monoisotopic (exact) mass is 477 g/mol. The van der Waals surface area contributed by atoms with Gasteiger partial charge in [0, 0.05) is 23.1 Å². The number of ether oxygens (including phenoxy) is 1. The molecule has 9 heteroatoms. The van der Waals surface area contributed by atoms with E-state index in [1.54, 1.807) is 44.3 Å². The average Bonchev–Trinajstić information content (AvgIpc) is 3.15. The van der Waals surface area contributed by atoms with Crippen molar-refractivity contribution in [2.45, 2.75) is 20.4 Å². The molecular weight excluding hydrogens is 457 g/mol. The molecular formula is C25H20FN3O4S. The molecule has 0 atom stereocenters. The Kier molecular flexibility index (Phi) is 5.28. The molecule has 7 nitrogen and oxygen atoms in total. The van der Waals surface area contributed by atoms with Crippen LogP contribution in [0.3, 0.4) is 0 Å². The molecule has 1 aliphatic rings. The van der Waals surface area contributed by atoms with E-state index >= 15 is 0 Å². The van der Waals surface area contributed by atoms with Gasteiger partial charge in [-0.2, -0.15) is 0 Å². The first kappa shape index (κ1) is 22.0. The second kappa shape index (κ2) is 8.18. The molecule has 0 bridgehead atoms. The van der Waals surface area contributed by atoms with Gasteiger partial charge < -0.3 is 9.64 Å². The number of benzene rings is 2. The van der Waals surface area contributed by atoms with Crippen molar-refractivity contribution in [3.63, 3.8) is 0 Å². The van der Waals surface area contributed by atoms with Crippen molar-refractivity contribution >= 4 is 38.9 Å². The van der Waals surface area contributed by atoms with Crippen molar-refractivity contribution in [2.75, 3.05) is 18.6 Å². The zero-order valence-corrected chi connectivity index (χ0v) is 19.5. The van der Waals surface area contributed by atoms with Crippen LogP contribution in [0.1, 0.15) is 21.1 Å². The predicted molar refractivity (Wildman–Crippen MR) is 128 cm³/mol. The van der Waals surface area contributed by atoms with Gasteiger partial charge in [-0.1, -0.05) is 12.1 Å². The molecule has 0 unspecified atom stereocenters. The average molecular weight is 478 g/mol. The molecule has 0 aliphatic carbocycles.